The number of carbonyl (C=O) groups is 3. The van der Waals surface area contributed by atoms with Gasteiger partial charge in [-0.3, -0.25) is 14.8 Å². The summed E-state index contributed by atoms with van der Waals surface area (Å²) < 4.78 is 62.0. The van der Waals surface area contributed by atoms with E-state index in [1.807, 2.05) is 29.2 Å². The Hall–Kier alpha value is -3.34. The fourth-order valence-electron chi connectivity index (χ4n) is 4.47. The molecule has 3 N–H and O–H groups in total. The van der Waals surface area contributed by atoms with Crippen molar-refractivity contribution in [3.63, 3.8) is 0 Å². The number of carboxylic acids is 1. The molecule has 2 heterocycles. The number of anilines is 1. The second-order valence-electron chi connectivity index (χ2n) is 9.41. The Morgan fingerprint density at radius 3 is 1.83 bits per heavy atom. The molecule has 0 aromatic heterocycles. The third-order valence-electron chi connectivity index (χ3n) is 6.87. The van der Waals surface area contributed by atoms with Crippen molar-refractivity contribution in [1.82, 2.24) is 10.4 Å². The molecule has 0 radical (unpaired) electrons. The molecule has 0 aliphatic carbocycles. The standard InChI is InChI=1S/C24H29N3O6S2.C2HF3O2/c1-18(28)26-12-14-27(15-13-26)19-2-4-20(5-3-19)34-21-6-8-22(9-7-21)35(31,32)24(23(29)25-30)10-16-33-17-11-24;3-2(4,5)1(6)7/h2-9,30H,10-17H2,1H3,(H,25,29);(H,6,7). The van der Waals surface area contributed by atoms with E-state index in [2.05, 4.69) is 4.90 Å². The van der Waals surface area contributed by atoms with Crippen molar-refractivity contribution in [2.45, 2.75) is 45.4 Å². The summed E-state index contributed by atoms with van der Waals surface area (Å²) in [6.07, 6.45) is -5.12. The SMILES string of the molecule is CC(=O)N1CCN(c2ccc(Sc3ccc(S(=O)(=O)C4(C(=O)NO)CCOCC4)cc3)cc2)CC1.O=C(O)C(F)(F)F. The minimum Gasteiger partial charge on any atom is -0.475 e. The first-order valence-electron chi connectivity index (χ1n) is 12.7. The molecule has 2 aromatic carbocycles. The number of nitrogens with one attached hydrogen (secondary N) is 1. The van der Waals surface area contributed by atoms with Crippen LogP contribution in [0.2, 0.25) is 0 Å². The average molecular weight is 634 g/mol. The van der Waals surface area contributed by atoms with Crippen LogP contribution in [-0.2, 0) is 29.0 Å². The van der Waals surface area contributed by atoms with Crippen molar-refractivity contribution >= 4 is 45.1 Å². The van der Waals surface area contributed by atoms with Crippen LogP contribution in [0.25, 0.3) is 0 Å². The maximum absolute atomic E-state index is 13.4. The number of alkyl halides is 3. The molecule has 11 nitrogen and oxygen atoms in total. The Morgan fingerprint density at radius 1 is 0.929 bits per heavy atom. The van der Waals surface area contributed by atoms with Gasteiger partial charge in [-0.05, 0) is 61.4 Å². The Bertz CT molecular complexity index is 1360. The molecule has 2 aliphatic heterocycles. The smallest absolute Gasteiger partial charge is 0.475 e. The monoisotopic (exact) mass is 633 g/mol. The third kappa shape index (κ3) is 7.73. The molecular weight excluding hydrogens is 603 g/mol. The fourth-order valence-corrected chi connectivity index (χ4v) is 7.23. The van der Waals surface area contributed by atoms with Crippen molar-refractivity contribution in [2.75, 3.05) is 44.3 Å². The van der Waals surface area contributed by atoms with Crippen LogP contribution in [0.15, 0.2) is 63.2 Å². The number of aliphatic carboxylic acids is 1. The maximum Gasteiger partial charge on any atom is 0.490 e. The van der Waals surface area contributed by atoms with Crippen LogP contribution in [-0.4, -0.2) is 91.7 Å². The van der Waals surface area contributed by atoms with Gasteiger partial charge in [0.05, 0.1) is 4.90 Å². The lowest BCUT2D eigenvalue weighted by Gasteiger charge is -2.35. The highest BCUT2D eigenvalue weighted by Crippen LogP contribution is 2.37. The minimum absolute atomic E-state index is 0.0195. The summed E-state index contributed by atoms with van der Waals surface area (Å²) in [5.41, 5.74) is 2.63. The van der Waals surface area contributed by atoms with Gasteiger partial charge in [-0.2, -0.15) is 13.2 Å². The van der Waals surface area contributed by atoms with Gasteiger partial charge in [0.2, 0.25) is 5.91 Å². The van der Waals surface area contributed by atoms with E-state index in [9.17, 15) is 36.4 Å². The number of amides is 2. The molecule has 16 heteroatoms. The quantitative estimate of drug-likeness (QED) is 0.320. The molecule has 2 saturated heterocycles. The largest absolute Gasteiger partial charge is 0.490 e. The average Bonchev–Trinajstić information content (AvgIpc) is 2.97. The first kappa shape index (κ1) is 33.2. The van der Waals surface area contributed by atoms with Gasteiger partial charge in [-0.25, -0.2) is 18.7 Å². The van der Waals surface area contributed by atoms with Crippen LogP contribution in [0.1, 0.15) is 19.8 Å². The summed E-state index contributed by atoms with van der Waals surface area (Å²) >= 11 is 1.51. The Kier molecular flexibility index (Phi) is 10.9. The molecule has 230 valence electrons. The normalized spacial score (nSPS) is 17.1. The second kappa shape index (κ2) is 13.8. The number of hydrogen-bond donors (Lipinski definition) is 3. The van der Waals surface area contributed by atoms with Crippen LogP contribution in [0, 0.1) is 0 Å². The number of carbonyl (C=O) groups excluding carboxylic acids is 2. The highest BCUT2D eigenvalue weighted by Gasteiger charge is 2.52. The van der Waals surface area contributed by atoms with Crippen LogP contribution in [0.3, 0.4) is 0 Å². The van der Waals surface area contributed by atoms with Gasteiger partial charge in [-0.15, -0.1) is 0 Å². The van der Waals surface area contributed by atoms with Crippen molar-refractivity contribution < 1.29 is 51.0 Å². The van der Waals surface area contributed by atoms with E-state index in [0.717, 1.165) is 41.7 Å². The molecule has 2 aromatic rings. The highest BCUT2D eigenvalue weighted by atomic mass is 32.2. The van der Waals surface area contributed by atoms with Crippen LogP contribution < -0.4 is 10.4 Å². The van der Waals surface area contributed by atoms with Crippen LogP contribution >= 0.6 is 11.8 Å². The van der Waals surface area contributed by atoms with Gasteiger partial charge in [-0.1, -0.05) is 11.8 Å². The van der Waals surface area contributed by atoms with E-state index in [0.29, 0.717) is 0 Å². The van der Waals surface area contributed by atoms with Crippen molar-refractivity contribution in [3.8, 4) is 0 Å². The van der Waals surface area contributed by atoms with E-state index in [1.165, 1.54) is 29.4 Å². The Balaban J connectivity index is 0.000000616. The summed E-state index contributed by atoms with van der Waals surface area (Å²) in [6, 6.07) is 14.6. The predicted molar refractivity (Wildman–Crippen MR) is 145 cm³/mol. The number of piperazine rings is 1. The molecule has 0 spiro atoms. The van der Waals surface area contributed by atoms with Gasteiger partial charge in [0.25, 0.3) is 5.91 Å². The number of hydrogen-bond acceptors (Lipinski definition) is 9. The Morgan fingerprint density at radius 2 is 1.40 bits per heavy atom. The lowest BCUT2D eigenvalue weighted by atomic mass is 9.98. The number of rotatable bonds is 6. The zero-order valence-corrected chi connectivity index (χ0v) is 24.1. The molecule has 2 fully saturated rings. The van der Waals surface area contributed by atoms with Crippen molar-refractivity contribution in [3.05, 3.63) is 48.5 Å². The Labute approximate surface area is 244 Å². The number of hydroxylamine groups is 1. The molecule has 42 heavy (non-hydrogen) atoms. The van der Waals surface area contributed by atoms with E-state index in [1.54, 1.807) is 19.1 Å². The van der Waals surface area contributed by atoms with Crippen LogP contribution in [0.5, 0.6) is 0 Å². The molecule has 4 rings (SSSR count). The first-order valence-corrected chi connectivity index (χ1v) is 15.0. The first-order chi connectivity index (χ1) is 19.7. The highest BCUT2D eigenvalue weighted by molar-refractivity contribution is 7.99. The number of nitrogens with zero attached hydrogens (tertiary/aromatic N) is 2. The molecular formula is C26H30F3N3O8S2. The van der Waals surface area contributed by atoms with Crippen molar-refractivity contribution in [1.29, 1.82) is 0 Å². The number of halogens is 3. The summed E-state index contributed by atoms with van der Waals surface area (Å²) in [6.45, 7) is 4.88. The molecule has 2 amide bonds. The number of carboxylic acid groups (broad SMARTS) is 1. The second-order valence-corrected chi connectivity index (χ2v) is 12.8. The number of ether oxygens (including phenoxy) is 1. The molecule has 0 bridgehead atoms. The van der Waals surface area contributed by atoms with E-state index < -0.39 is 32.6 Å². The lowest BCUT2D eigenvalue weighted by Crippen LogP contribution is -2.54. The maximum atomic E-state index is 13.4. The predicted octanol–water partition coefficient (Wildman–Crippen LogP) is 2.97. The summed E-state index contributed by atoms with van der Waals surface area (Å²) in [5, 5.41) is 16.3. The van der Waals surface area contributed by atoms with Gasteiger partial charge in [0, 0.05) is 61.8 Å². The topological polar surface area (TPSA) is 154 Å². The molecule has 0 saturated carbocycles. The summed E-state index contributed by atoms with van der Waals surface area (Å²) in [4.78, 5) is 38.8. The zero-order chi connectivity index (χ0) is 31.1. The van der Waals surface area contributed by atoms with Gasteiger partial charge < -0.3 is 19.6 Å². The van der Waals surface area contributed by atoms with Gasteiger partial charge in [0.15, 0.2) is 14.6 Å². The molecule has 0 atom stereocenters. The summed E-state index contributed by atoms with van der Waals surface area (Å²) in [5.74, 6) is -3.58. The zero-order valence-electron chi connectivity index (χ0n) is 22.5. The minimum atomic E-state index is -5.08. The number of sulfone groups is 1. The van der Waals surface area contributed by atoms with Gasteiger partial charge >= 0.3 is 12.1 Å². The van der Waals surface area contributed by atoms with Gasteiger partial charge in [0.1, 0.15) is 0 Å². The summed E-state index contributed by atoms with van der Waals surface area (Å²) in [7, 11) is -4.04. The van der Waals surface area contributed by atoms with E-state index in [4.69, 9.17) is 14.6 Å². The van der Waals surface area contributed by atoms with E-state index >= 15 is 0 Å². The number of benzene rings is 2. The molecule has 0 unspecified atom stereocenters. The molecule has 2 aliphatic rings. The van der Waals surface area contributed by atoms with E-state index in [-0.39, 0.29) is 36.9 Å². The van der Waals surface area contributed by atoms with Crippen molar-refractivity contribution in [2.24, 2.45) is 0 Å². The van der Waals surface area contributed by atoms with Crippen LogP contribution in [0.4, 0.5) is 18.9 Å². The lowest BCUT2D eigenvalue weighted by molar-refractivity contribution is -0.192. The third-order valence-corrected chi connectivity index (χ3v) is 10.4. The fraction of sp³-hybridized carbons (Fsp3) is 0.423.